The molecule has 12 nitrogen and oxygen atoms in total. The summed E-state index contributed by atoms with van der Waals surface area (Å²) in [5, 5.41) is 14.4. The molecule has 0 bridgehead atoms. The Balaban J connectivity index is 1.78. The largest absolute Gasteiger partial charge is 0.397 e. The van der Waals surface area contributed by atoms with Crippen LogP contribution >= 0.6 is 61.4 Å². The van der Waals surface area contributed by atoms with Crippen molar-refractivity contribution in [2.45, 2.75) is 77.8 Å². The van der Waals surface area contributed by atoms with E-state index in [2.05, 4.69) is 41.2 Å². The quantitative estimate of drug-likeness (QED) is 0.0391. The lowest BCUT2D eigenvalue weighted by molar-refractivity contribution is 0.442. The first-order valence-corrected chi connectivity index (χ1v) is 19.6. The molecule has 18 heteroatoms. The van der Waals surface area contributed by atoms with E-state index in [0.29, 0.717) is 37.4 Å². The molecule has 0 spiro atoms. The lowest BCUT2D eigenvalue weighted by atomic mass is 10.1. The predicted molar refractivity (Wildman–Crippen MR) is 177 cm³/mol. The second-order valence-electron chi connectivity index (χ2n) is 10.8. The molecule has 0 radical (unpaired) electrons. The number of hydrazone groups is 2. The zero-order valence-corrected chi connectivity index (χ0v) is 29.4. The van der Waals surface area contributed by atoms with Crippen molar-refractivity contribution in [3.8, 4) is 0 Å². The Labute approximate surface area is 269 Å². The van der Waals surface area contributed by atoms with E-state index in [1.165, 1.54) is 0 Å². The zero-order chi connectivity index (χ0) is 31.2. The third kappa shape index (κ3) is 12.4. The summed E-state index contributed by atoms with van der Waals surface area (Å²) in [6, 6.07) is 0.200. The van der Waals surface area contributed by atoms with Gasteiger partial charge in [0.25, 0.3) is 0 Å². The Morgan fingerprint density at radius 1 is 0.714 bits per heavy atom. The van der Waals surface area contributed by atoms with Crippen molar-refractivity contribution in [3.63, 3.8) is 0 Å². The van der Waals surface area contributed by atoms with Crippen molar-refractivity contribution in [1.82, 2.24) is 21.0 Å². The average Bonchev–Trinajstić information content (AvgIpc) is 3.41. The van der Waals surface area contributed by atoms with E-state index in [1.54, 1.807) is 0 Å². The van der Waals surface area contributed by atoms with Crippen LogP contribution < -0.4 is 21.0 Å². The minimum Gasteiger partial charge on any atom is -0.397 e. The molecule has 2 heterocycles. The van der Waals surface area contributed by atoms with Gasteiger partial charge in [-0.1, -0.05) is 40.5 Å². The van der Waals surface area contributed by atoms with Gasteiger partial charge in [0.2, 0.25) is 0 Å². The Morgan fingerprint density at radius 3 is 1.38 bits per heavy atom. The van der Waals surface area contributed by atoms with Crippen molar-refractivity contribution >= 4 is 84.9 Å². The number of hydrogen-bond donors (Lipinski definition) is 4. The van der Waals surface area contributed by atoms with E-state index in [4.69, 9.17) is 55.5 Å². The number of hydrogen-bond acceptors (Lipinski definition) is 10. The van der Waals surface area contributed by atoms with Crippen molar-refractivity contribution in [3.05, 3.63) is 0 Å². The standard InChI is InChI=1S/C24H44Cl4N8O4P2/c1-17(2)11-21-31-23(35-33-19(13-25)14-26)39-41(21,37)29-9-7-5-6-8-10-30-42(38)22(12-18(3)4)32-24(40-42)36-34-20(15-27)16-28/h17-18,21-22H,5-16H2,1-4H3,(H,29,37)(H,30,38)(H,31,35)(H,32,36)/t21-,22+,41-,42-/m1/s1. The van der Waals surface area contributed by atoms with Crippen LogP contribution in [0.15, 0.2) is 20.2 Å². The van der Waals surface area contributed by atoms with Gasteiger partial charge in [0.1, 0.15) is 0 Å². The number of alkyl halides is 4. The highest BCUT2D eigenvalue weighted by molar-refractivity contribution is 7.58. The van der Waals surface area contributed by atoms with Crippen LogP contribution in [-0.4, -0.2) is 71.6 Å². The number of nitrogens with zero attached hydrogens (tertiary/aromatic N) is 4. The Kier molecular flexibility index (Phi) is 17.1. The van der Waals surface area contributed by atoms with Gasteiger partial charge in [0.05, 0.1) is 34.9 Å². The molecule has 0 unspecified atom stereocenters. The van der Waals surface area contributed by atoms with Gasteiger partial charge in [-0.15, -0.1) is 46.4 Å². The molecule has 242 valence electrons. The van der Waals surface area contributed by atoms with Crippen LogP contribution in [0.2, 0.25) is 0 Å². The van der Waals surface area contributed by atoms with Gasteiger partial charge in [-0.3, -0.25) is 9.13 Å². The first-order valence-electron chi connectivity index (χ1n) is 14.1. The molecule has 2 aliphatic rings. The summed E-state index contributed by atoms with van der Waals surface area (Å²) in [6.45, 7) is 9.19. The SMILES string of the molecule is CC(C)C[C@@H]1N=C(NN=C(CCl)CCl)O[P@@]1(=O)NCCCCCCN[P@]1(=O)OC(NN=C(CCl)CCl)=N[C@@H]1CC(C)C. The summed E-state index contributed by atoms with van der Waals surface area (Å²) in [5.41, 5.74) is 6.43. The Bertz CT molecular complexity index is 983. The van der Waals surface area contributed by atoms with E-state index >= 15 is 0 Å². The molecule has 0 saturated carbocycles. The maximum Gasteiger partial charge on any atom is 0.343 e. The summed E-state index contributed by atoms with van der Waals surface area (Å²) >= 11 is 23.2. The molecular formula is C24H44Cl4N8O4P2. The van der Waals surface area contributed by atoms with E-state index < -0.39 is 26.6 Å². The summed E-state index contributed by atoms with van der Waals surface area (Å²) in [7, 11) is -6.51. The number of halogens is 4. The molecule has 42 heavy (non-hydrogen) atoms. The molecule has 2 rings (SSSR count). The lowest BCUT2D eigenvalue weighted by Crippen LogP contribution is -2.23. The molecule has 0 aliphatic carbocycles. The molecule has 0 amide bonds. The maximum atomic E-state index is 13.6. The Morgan fingerprint density at radius 2 is 1.07 bits per heavy atom. The van der Waals surface area contributed by atoms with Crippen LogP contribution in [0.4, 0.5) is 0 Å². The maximum absolute atomic E-state index is 13.6. The third-order valence-electron chi connectivity index (χ3n) is 6.13. The number of unbranched alkanes of at least 4 members (excludes halogenated alkanes) is 3. The predicted octanol–water partition coefficient (Wildman–Crippen LogP) is 6.48. The molecule has 4 atom stereocenters. The fourth-order valence-electron chi connectivity index (χ4n) is 3.97. The van der Waals surface area contributed by atoms with Crippen molar-refractivity contribution < 1.29 is 18.2 Å². The van der Waals surface area contributed by atoms with Gasteiger partial charge < -0.3 is 9.05 Å². The zero-order valence-electron chi connectivity index (χ0n) is 24.6. The lowest BCUT2D eigenvalue weighted by Gasteiger charge is -2.20. The fraction of sp³-hybridized carbons (Fsp3) is 0.833. The first-order chi connectivity index (χ1) is 20.0. The molecule has 2 aliphatic heterocycles. The van der Waals surface area contributed by atoms with Crippen LogP contribution in [0.5, 0.6) is 0 Å². The Hall–Kier alpha value is -0.580. The fourth-order valence-corrected chi connectivity index (χ4v) is 9.11. The second-order valence-corrected chi connectivity index (χ2v) is 16.5. The molecule has 0 saturated heterocycles. The van der Waals surface area contributed by atoms with E-state index in [-0.39, 0.29) is 47.4 Å². The highest BCUT2D eigenvalue weighted by Gasteiger charge is 2.43. The summed E-state index contributed by atoms with van der Waals surface area (Å²) in [4.78, 5) is 8.90. The minimum absolute atomic E-state index is 0.0998. The van der Waals surface area contributed by atoms with Gasteiger partial charge in [-0.25, -0.2) is 31.0 Å². The average molecular weight is 712 g/mol. The van der Waals surface area contributed by atoms with Crippen molar-refractivity contribution in [2.75, 3.05) is 36.6 Å². The second kappa shape index (κ2) is 19.1. The molecule has 0 fully saturated rings. The molecule has 4 N–H and O–H groups in total. The third-order valence-corrected chi connectivity index (χ3v) is 11.8. The monoisotopic (exact) mass is 710 g/mol. The number of amidine groups is 2. The van der Waals surface area contributed by atoms with Crippen LogP contribution in [0.1, 0.15) is 66.2 Å². The number of aliphatic imine (C=N–C) groups is 2. The van der Waals surface area contributed by atoms with Gasteiger partial charge in [-0.2, -0.15) is 10.2 Å². The van der Waals surface area contributed by atoms with E-state index in [0.717, 1.165) is 25.7 Å². The van der Waals surface area contributed by atoms with Gasteiger partial charge >= 0.3 is 27.1 Å². The van der Waals surface area contributed by atoms with Crippen LogP contribution in [-0.2, 0) is 18.2 Å². The van der Waals surface area contributed by atoms with Gasteiger partial charge in [0.15, 0.2) is 11.6 Å². The van der Waals surface area contributed by atoms with E-state index in [1.807, 2.05) is 27.7 Å². The summed E-state index contributed by atoms with van der Waals surface area (Å²) in [6.07, 6.45) is 4.55. The van der Waals surface area contributed by atoms with Crippen LogP contribution in [0.25, 0.3) is 0 Å². The first kappa shape index (κ1) is 37.6. The molecular weight excluding hydrogens is 668 g/mol. The van der Waals surface area contributed by atoms with Gasteiger partial charge in [0, 0.05) is 13.1 Å². The molecule has 0 aromatic carbocycles. The number of rotatable bonds is 19. The summed E-state index contributed by atoms with van der Waals surface area (Å²) < 4.78 is 38.5. The van der Waals surface area contributed by atoms with Crippen molar-refractivity contribution in [1.29, 1.82) is 0 Å². The van der Waals surface area contributed by atoms with Crippen LogP contribution in [0.3, 0.4) is 0 Å². The molecule has 0 aromatic rings. The smallest absolute Gasteiger partial charge is 0.343 e. The minimum atomic E-state index is -3.25. The topological polar surface area (TPSA) is 150 Å². The highest BCUT2D eigenvalue weighted by Crippen LogP contribution is 2.55. The van der Waals surface area contributed by atoms with Crippen LogP contribution in [0, 0.1) is 11.8 Å². The van der Waals surface area contributed by atoms with Gasteiger partial charge in [-0.05, 0) is 37.5 Å². The van der Waals surface area contributed by atoms with Crippen molar-refractivity contribution in [2.24, 2.45) is 32.0 Å². The number of nitrogens with one attached hydrogen (secondary N) is 4. The highest BCUT2D eigenvalue weighted by atomic mass is 35.5. The van der Waals surface area contributed by atoms with E-state index in [9.17, 15) is 9.13 Å². The molecule has 0 aromatic heterocycles. The summed E-state index contributed by atoms with van der Waals surface area (Å²) in [5.74, 6) is 0.230. The normalized spacial score (nSPS) is 25.1.